The molecule has 32 heavy (non-hydrogen) atoms. The molecule has 0 fully saturated rings. The van der Waals surface area contributed by atoms with Gasteiger partial charge >= 0.3 is 18.1 Å². The number of carboxylic acid groups (broad SMARTS) is 2. The fourth-order valence-electron chi connectivity index (χ4n) is 2.57. The quantitative estimate of drug-likeness (QED) is 0.413. The molecule has 0 aliphatic heterocycles. The fourth-order valence-corrected chi connectivity index (χ4v) is 2.57. The van der Waals surface area contributed by atoms with Crippen molar-refractivity contribution in [2.45, 2.75) is 38.3 Å². The smallest absolute Gasteiger partial charge is 0.490 e. The molecule has 0 heterocycles. The summed E-state index contributed by atoms with van der Waals surface area (Å²) in [7, 11) is 0. The van der Waals surface area contributed by atoms with Gasteiger partial charge in [0, 0.05) is 6.54 Å². The summed E-state index contributed by atoms with van der Waals surface area (Å²) >= 11 is 0. The molecule has 2 aromatic rings. The van der Waals surface area contributed by atoms with Crippen LogP contribution in [0, 0.1) is 0 Å². The number of unbranched alkanes of at least 4 members (excludes halogenated alkanes) is 1. The normalized spacial score (nSPS) is 10.7. The van der Waals surface area contributed by atoms with Crippen LogP contribution in [0.2, 0.25) is 0 Å². The molecule has 6 nitrogen and oxygen atoms in total. The predicted octanol–water partition coefficient (Wildman–Crippen LogP) is 4.33. The van der Waals surface area contributed by atoms with Crippen LogP contribution in [0.3, 0.4) is 0 Å². The number of carbonyl (C=O) groups is 2. The summed E-state index contributed by atoms with van der Waals surface area (Å²) < 4.78 is 37.5. The van der Waals surface area contributed by atoms with Gasteiger partial charge in [0.2, 0.25) is 0 Å². The Balaban J connectivity index is 0.000000633. The van der Waals surface area contributed by atoms with E-state index in [9.17, 15) is 18.0 Å². The van der Waals surface area contributed by atoms with Crippen molar-refractivity contribution in [2.24, 2.45) is 0 Å². The zero-order chi connectivity index (χ0) is 23.8. The third-order valence-electron chi connectivity index (χ3n) is 4.24. The highest BCUT2D eigenvalue weighted by Crippen LogP contribution is 2.14. The van der Waals surface area contributed by atoms with Crippen LogP contribution in [0.1, 0.15) is 30.4 Å². The van der Waals surface area contributed by atoms with Crippen molar-refractivity contribution in [1.29, 1.82) is 0 Å². The van der Waals surface area contributed by atoms with E-state index in [1.165, 1.54) is 11.1 Å². The Hall–Kier alpha value is -3.07. The van der Waals surface area contributed by atoms with Crippen LogP contribution >= 0.6 is 0 Å². The maximum absolute atomic E-state index is 10.6. The Kier molecular flexibility index (Phi) is 12.5. The summed E-state index contributed by atoms with van der Waals surface area (Å²) in [6, 6.07) is 18.7. The van der Waals surface area contributed by atoms with E-state index in [4.69, 9.17) is 19.7 Å². The van der Waals surface area contributed by atoms with Gasteiger partial charge in [0.15, 0.2) is 0 Å². The molecular weight excluding hydrogens is 427 g/mol. The van der Waals surface area contributed by atoms with Crippen molar-refractivity contribution in [1.82, 2.24) is 5.32 Å². The van der Waals surface area contributed by atoms with Crippen LogP contribution in [0.25, 0.3) is 0 Å². The van der Waals surface area contributed by atoms with E-state index in [-0.39, 0.29) is 6.42 Å². The molecule has 0 aliphatic rings. The number of aryl methyl sites for hydroxylation is 1. The minimum absolute atomic E-state index is 0.164. The SMILES string of the molecule is O=C(O)C(F)(F)F.O=C(O)CCNCCc1ccc(OCCCCc2ccccc2)cc1. The van der Waals surface area contributed by atoms with Gasteiger partial charge in [-0.15, -0.1) is 0 Å². The van der Waals surface area contributed by atoms with Crippen LogP contribution in [0.15, 0.2) is 54.6 Å². The van der Waals surface area contributed by atoms with Crippen molar-refractivity contribution in [3.05, 3.63) is 65.7 Å². The number of halogens is 3. The lowest BCUT2D eigenvalue weighted by Crippen LogP contribution is -2.21. The largest absolute Gasteiger partial charge is 0.494 e. The van der Waals surface area contributed by atoms with E-state index < -0.39 is 18.1 Å². The standard InChI is InChI=1S/C21H27NO3.C2HF3O2/c23-21(24)14-16-22-15-13-19-9-11-20(12-10-19)25-17-5-4-8-18-6-2-1-3-7-18;3-2(4,5)1(6)7/h1-3,6-7,9-12,22H,4-5,8,13-17H2,(H,23,24);(H,6,7). The van der Waals surface area contributed by atoms with Gasteiger partial charge in [-0.3, -0.25) is 4.79 Å². The number of ether oxygens (including phenoxy) is 1. The van der Waals surface area contributed by atoms with E-state index in [0.717, 1.165) is 44.6 Å². The Labute approximate surface area is 185 Å². The molecule has 0 spiro atoms. The van der Waals surface area contributed by atoms with Crippen molar-refractivity contribution in [3.8, 4) is 5.75 Å². The lowest BCUT2D eigenvalue weighted by atomic mass is 10.1. The Morgan fingerprint density at radius 2 is 1.44 bits per heavy atom. The molecule has 176 valence electrons. The molecule has 0 unspecified atom stereocenters. The topological polar surface area (TPSA) is 95.9 Å². The highest BCUT2D eigenvalue weighted by Gasteiger charge is 2.38. The fraction of sp³-hybridized carbons (Fsp3) is 0.391. The van der Waals surface area contributed by atoms with Crippen molar-refractivity contribution >= 4 is 11.9 Å². The number of alkyl halides is 3. The van der Waals surface area contributed by atoms with Crippen molar-refractivity contribution in [2.75, 3.05) is 19.7 Å². The van der Waals surface area contributed by atoms with Crippen LogP contribution in [0.5, 0.6) is 5.75 Å². The van der Waals surface area contributed by atoms with E-state index in [1.54, 1.807) is 0 Å². The molecule has 0 bridgehead atoms. The van der Waals surface area contributed by atoms with Crippen LogP contribution in [0.4, 0.5) is 13.2 Å². The maximum Gasteiger partial charge on any atom is 0.490 e. The number of hydrogen-bond donors (Lipinski definition) is 3. The van der Waals surface area contributed by atoms with Gasteiger partial charge in [0.1, 0.15) is 5.75 Å². The maximum atomic E-state index is 10.6. The molecule has 2 rings (SSSR count). The first-order valence-corrected chi connectivity index (χ1v) is 10.2. The van der Waals surface area contributed by atoms with Gasteiger partial charge in [-0.25, -0.2) is 4.79 Å². The van der Waals surface area contributed by atoms with E-state index in [2.05, 4.69) is 41.7 Å². The van der Waals surface area contributed by atoms with Crippen LogP contribution < -0.4 is 10.1 Å². The molecule has 3 N–H and O–H groups in total. The van der Waals surface area contributed by atoms with Gasteiger partial charge in [-0.05, 0) is 55.5 Å². The Morgan fingerprint density at radius 3 is 2.00 bits per heavy atom. The summed E-state index contributed by atoms with van der Waals surface area (Å²) in [5.41, 5.74) is 2.60. The highest BCUT2D eigenvalue weighted by atomic mass is 19.4. The minimum atomic E-state index is -5.08. The molecule has 0 atom stereocenters. The molecule has 0 saturated heterocycles. The van der Waals surface area contributed by atoms with Crippen molar-refractivity contribution in [3.63, 3.8) is 0 Å². The molecule has 9 heteroatoms. The first-order chi connectivity index (χ1) is 15.2. The average molecular weight is 455 g/mol. The zero-order valence-corrected chi connectivity index (χ0v) is 17.6. The van der Waals surface area contributed by atoms with Gasteiger partial charge in [0.25, 0.3) is 0 Å². The Bertz CT molecular complexity index is 796. The van der Waals surface area contributed by atoms with Gasteiger partial charge in [-0.1, -0.05) is 42.5 Å². The number of aliphatic carboxylic acids is 2. The third kappa shape index (κ3) is 13.3. The molecule has 0 saturated carbocycles. The summed E-state index contributed by atoms with van der Waals surface area (Å²) in [5, 5.41) is 18.8. The number of benzene rings is 2. The third-order valence-corrected chi connectivity index (χ3v) is 4.24. The number of rotatable bonds is 12. The van der Waals surface area contributed by atoms with Crippen LogP contribution in [-0.4, -0.2) is 48.0 Å². The molecule has 0 aliphatic carbocycles. The lowest BCUT2D eigenvalue weighted by molar-refractivity contribution is -0.192. The van der Waals surface area contributed by atoms with Gasteiger partial charge in [0.05, 0.1) is 13.0 Å². The van der Waals surface area contributed by atoms with Gasteiger partial charge < -0.3 is 20.3 Å². The number of nitrogens with one attached hydrogen (secondary N) is 1. The average Bonchev–Trinajstić information content (AvgIpc) is 2.74. The number of carboxylic acids is 2. The molecule has 2 aromatic carbocycles. The number of hydrogen-bond acceptors (Lipinski definition) is 4. The van der Waals surface area contributed by atoms with Crippen molar-refractivity contribution < 1.29 is 37.7 Å². The highest BCUT2D eigenvalue weighted by molar-refractivity contribution is 5.73. The first-order valence-electron chi connectivity index (χ1n) is 10.2. The van der Waals surface area contributed by atoms with E-state index in [0.29, 0.717) is 6.54 Å². The molecule has 0 aromatic heterocycles. The minimum Gasteiger partial charge on any atom is -0.494 e. The van der Waals surface area contributed by atoms with Crippen LogP contribution in [-0.2, 0) is 22.4 Å². The second-order valence-corrected chi connectivity index (χ2v) is 6.88. The Morgan fingerprint density at radius 1 is 0.844 bits per heavy atom. The summed E-state index contributed by atoms with van der Waals surface area (Å²) in [6.07, 6.45) is -0.764. The molecular formula is C23H28F3NO5. The first kappa shape index (κ1) is 27.0. The lowest BCUT2D eigenvalue weighted by Gasteiger charge is -2.08. The predicted molar refractivity (Wildman–Crippen MR) is 114 cm³/mol. The zero-order valence-electron chi connectivity index (χ0n) is 17.6. The molecule has 0 amide bonds. The van der Waals surface area contributed by atoms with E-state index >= 15 is 0 Å². The van der Waals surface area contributed by atoms with E-state index in [1.807, 2.05) is 18.2 Å². The monoisotopic (exact) mass is 455 g/mol. The molecule has 0 radical (unpaired) electrons. The second kappa shape index (κ2) is 14.9. The second-order valence-electron chi connectivity index (χ2n) is 6.88. The van der Waals surface area contributed by atoms with Gasteiger partial charge in [-0.2, -0.15) is 13.2 Å². The summed E-state index contributed by atoms with van der Waals surface area (Å²) in [5.74, 6) is -2.62. The summed E-state index contributed by atoms with van der Waals surface area (Å²) in [6.45, 7) is 2.04. The summed E-state index contributed by atoms with van der Waals surface area (Å²) in [4.78, 5) is 19.3.